The van der Waals surface area contributed by atoms with E-state index in [0.29, 0.717) is 6.61 Å². The molecule has 0 unspecified atom stereocenters. The van der Waals surface area contributed by atoms with Crippen LogP contribution in [0.3, 0.4) is 0 Å². The Kier molecular flexibility index (Phi) is 7.98. The molecular weight excluding hydrogens is 308 g/mol. The summed E-state index contributed by atoms with van der Waals surface area (Å²) in [5.74, 6) is 0.425. The highest BCUT2D eigenvalue weighted by molar-refractivity contribution is 9.09. The molecule has 0 aliphatic heterocycles. The molecule has 0 radical (unpaired) electrons. The largest absolute Gasteiger partial charge is 0.493 e. The Balaban J connectivity index is 2.53. The van der Waals surface area contributed by atoms with Gasteiger partial charge in [-0.1, -0.05) is 34.1 Å². The van der Waals surface area contributed by atoms with E-state index in [4.69, 9.17) is 4.74 Å². The molecule has 0 aliphatic rings. The Bertz CT molecular complexity index is 416. The van der Waals surface area contributed by atoms with Crippen molar-refractivity contribution in [3.8, 4) is 5.75 Å². The standard InChI is InChI=1S/C15H19BrO3/c1-18-15(17)10-9-13-7-3-4-8-14(13)19-12-6-2-5-11-16/h3-4,7-10H,2,5-6,11-12H2,1H3. The van der Waals surface area contributed by atoms with Crippen molar-refractivity contribution in [2.45, 2.75) is 19.3 Å². The predicted molar refractivity (Wildman–Crippen MR) is 80.6 cm³/mol. The molecule has 19 heavy (non-hydrogen) atoms. The van der Waals surface area contributed by atoms with Gasteiger partial charge in [-0.05, 0) is 31.4 Å². The van der Waals surface area contributed by atoms with Crippen LogP contribution in [-0.4, -0.2) is 25.0 Å². The minimum Gasteiger partial charge on any atom is -0.493 e. The monoisotopic (exact) mass is 326 g/mol. The summed E-state index contributed by atoms with van der Waals surface area (Å²) in [7, 11) is 1.36. The second-order valence-corrected chi connectivity index (χ2v) is 4.79. The van der Waals surface area contributed by atoms with E-state index in [-0.39, 0.29) is 5.97 Å². The molecule has 0 bridgehead atoms. The Morgan fingerprint density at radius 3 is 2.79 bits per heavy atom. The van der Waals surface area contributed by atoms with Gasteiger partial charge in [0.15, 0.2) is 0 Å². The molecule has 0 saturated carbocycles. The van der Waals surface area contributed by atoms with Gasteiger partial charge in [0.25, 0.3) is 0 Å². The molecule has 0 fully saturated rings. The van der Waals surface area contributed by atoms with Gasteiger partial charge in [-0.3, -0.25) is 0 Å². The van der Waals surface area contributed by atoms with Crippen LogP contribution in [0.2, 0.25) is 0 Å². The van der Waals surface area contributed by atoms with E-state index in [2.05, 4.69) is 20.7 Å². The van der Waals surface area contributed by atoms with Gasteiger partial charge >= 0.3 is 5.97 Å². The number of carbonyl (C=O) groups is 1. The lowest BCUT2D eigenvalue weighted by molar-refractivity contribution is -0.134. The number of hydrogen-bond donors (Lipinski definition) is 0. The molecule has 1 aromatic carbocycles. The van der Waals surface area contributed by atoms with Crippen LogP contribution in [0.5, 0.6) is 5.75 Å². The second-order valence-electron chi connectivity index (χ2n) is 3.99. The van der Waals surface area contributed by atoms with Gasteiger partial charge in [-0.15, -0.1) is 0 Å². The van der Waals surface area contributed by atoms with Crippen LogP contribution in [0.15, 0.2) is 30.3 Å². The minimum absolute atomic E-state index is 0.368. The highest BCUT2D eigenvalue weighted by atomic mass is 79.9. The maximum atomic E-state index is 11.1. The molecule has 0 aliphatic carbocycles. The number of alkyl halides is 1. The Morgan fingerprint density at radius 1 is 1.26 bits per heavy atom. The molecule has 104 valence electrons. The lowest BCUT2D eigenvalue weighted by atomic mass is 10.2. The quantitative estimate of drug-likeness (QED) is 0.315. The number of ether oxygens (including phenoxy) is 2. The second kappa shape index (κ2) is 9.62. The van der Waals surface area contributed by atoms with Crippen LogP contribution in [-0.2, 0) is 9.53 Å². The van der Waals surface area contributed by atoms with Crippen molar-refractivity contribution in [3.63, 3.8) is 0 Å². The van der Waals surface area contributed by atoms with Crippen LogP contribution in [0.25, 0.3) is 6.08 Å². The van der Waals surface area contributed by atoms with Crippen molar-refractivity contribution in [1.82, 2.24) is 0 Å². The SMILES string of the molecule is COC(=O)C=Cc1ccccc1OCCCCCBr. The predicted octanol–water partition coefficient (Wildman–Crippen LogP) is 3.82. The van der Waals surface area contributed by atoms with Crippen molar-refractivity contribution in [2.24, 2.45) is 0 Å². The number of para-hydroxylation sites is 1. The first-order chi connectivity index (χ1) is 9.27. The third-order valence-corrected chi connectivity index (χ3v) is 3.12. The first kappa shape index (κ1) is 15.8. The number of hydrogen-bond acceptors (Lipinski definition) is 3. The van der Waals surface area contributed by atoms with E-state index in [9.17, 15) is 4.79 Å². The van der Waals surface area contributed by atoms with Crippen LogP contribution in [0.1, 0.15) is 24.8 Å². The van der Waals surface area contributed by atoms with Gasteiger partial charge in [0, 0.05) is 17.0 Å². The highest BCUT2D eigenvalue weighted by Gasteiger charge is 2.00. The Labute approximate surface area is 122 Å². The minimum atomic E-state index is -0.368. The van der Waals surface area contributed by atoms with Crippen molar-refractivity contribution >= 4 is 28.0 Å². The van der Waals surface area contributed by atoms with Gasteiger partial charge in [-0.25, -0.2) is 4.79 Å². The molecule has 0 atom stereocenters. The summed E-state index contributed by atoms with van der Waals surface area (Å²) in [6, 6.07) is 7.65. The molecule has 0 saturated heterocycles. The van der Waals surface area contributed by atoms with Crippen LogP contribution < -0.4 is 4.74 Å². The van der Waals surface area contributed by atoms with Crippen LogP contribution >= 0.6 is 15.9 Å². The number of unbranched alkanes of at least 4 members (excludes halogenated alkanes) is 2. The molecule has 4 heteroatoms. The molecule has 0 spiro atoms. The van der Waals surface area contributed by atoms with Gasteiger partial charge in [-0.2, -0.15) is 0 Å². The molecule has 0 N–H and O–H groups in total. The van der Waals surface area contributed by atoms with Gasteiger partial charge in [0.2, 0.25) is 0 Å². The van der Waals surface area contributed by atoms with Gasteiger partial charge in [0.05, 0.1) is 13.7 Å². The lowest BCUT2D eigenvalue weighted by Crippen LogP contribution is -1.99. The zero-order chi connectivity index (χ0) is 13.9. The fourth-order valence-corrected chi connectivity index (χ4v) is 1.93. The third kappa shape index (κ3) is 6.43. The molecule has 0 amide bonds. The number of methoxy groups -OCH3 is 1. The van der Waals surface area contributed by atoms with E-state index < -0.39 is 0 Å². The van der Waals surface area contributed by atoms with E-state index in [1.165, 1.54) is 13.2 Å². The average Bonchev–Trinajstić information content (AvgIpc) is 2.45. The summed E-state index contributed by atoms with van der Waals surface area (Å²) in [6.07, 6.45) is 6.44. The summed E-state index contributed by atoms with van der Waals surface area (Å²) < 4.78 is 10.3. The number of halogens is 1. The summed E-state index contributed by atoms with van der Waals surface area (Å²) >= 11 is 3.41. The summed E-state index contributed by atoms with van der Waals surface area (Å²) in [4.78, 5) is 11.1. The molecule has 3 nitrogen and oxygen atoms in total. The molecule has 0 heterocycles. The zero-order valence-corrected chi connectivity index (χ0v) is 12.7. The lowest BCUT2D eigenvalue weighted by Gasteiger charge is -2.08. The first-order valence-corrected chi connectivity index (χ1v) is 7.44. The van der Waals surface area contributed by atoms with E-state index in [1.54, 1.807) is 6.08 Å². The number of esters is 1. The smallest absolute Gasteiger partial charge is 0.330 e. The summed E-state index contributed by atoms with van der Waals surface area (Å²) in [5, 5.41) is 1.03. The number of benzene rings is 1. The number of carbonyl (C=O) groups excluding carboxylic acids is 1. The Morgan fingerprint density at radius 2 is 2.05 bits per heavy atom. The van der Waals surface area contributed by atoms with E-state index >= 15 is 0 Å². The third-order valence-electron chi connectivity index (χ3n) is 2.55. The maximum Gasteiger partial charge on any atom is 0.330 e. The van der Waals surface area contributed by atoms with Crippen LogP contribution in [0, 0.1) is 0 Å². The molecular formula is C15H19BrO3. The number of rotatable bonds is 8. The first-order valence-electron chi connectivity index (χ1n) is 6.31. The van der Waals surface area contributed by atoms with Crippen molar-refractivity contribution in [2.75, 3.05) is 19.0 Å². The van der Waals surface area contributed by atoms with E-state index in [1.807, 2.05) is 24.3 Å². The van der Waals surface area contributed by atoms with Crippen LogP contribution in [0.4, 0.5) is 0 Å². The fraction of sp³-hybridized carbons (Fsp3) is 0.400. The van der Waals surface area contributed by atoms with Crippen molar-refractivity contribution in [1.29, 1.82) is 0 Å². The average molecular weight is 327 g/mol. The molecule has 1 rings (SSSR count). The van der Waals surface area contributed by atoms with E-state index in [0.717, 1.165) is 35.9 Å². The summed E-state index contributed by atoms with van der Waals surface area (Å²) in [6.45, 7) is 0.691. The van der Waals surface area contributed by atoms with Crippen molar-refractivity contribution in [3.05, 3.63) is 35.9 Å². The van der Waals surface area contributed by atoms with Gasteiger partial charge < -0.3 is 9.47 Å². The van der Waals surface area contributed by atoms with Gasteiger partial charge in [0.1, 0.15) is 5.75 Å². The Hall–Kier alpha value is -1.29. The normalized spacial score (nSPS) is 10.6. The molecule has 1 aromatic rings. The topological polar surface area (TPSA) is 35.5 Å². The van der Waals surface area contributed by atoms with Crippen molar-refractivity contribution < 1.29 is 14.3 Å². The molecule has 0 aromatic heterocycles. The fourth-order valence-electron chi connectivity index (χ4n) is 1.53. The highest BCUT2D eigenvalue weighted by Crippen LogP contribution is 2.20. The summed E-state index contributed by atoms with van der Waals surface area (Å²) in [5.41, 5.74) is 0.883. The zero-order valence-electron chi connectivity index (χ0n) is 11.1. The maximum absolute atomic E-state index is 11.1.